The van der Waals surface area contributed by atoms with Crippen LogP contribution in [0.25, 0.3) is 0 Å². The summed E-state index contributed by atoms with van der Waals surface area (Å²) in [7, 11) is 0. The number of carbonyl (C=O) groups is 1. The molecule has 3 rings (SSSR count). The first-order valence-electron chi connectivity index (χ1n) is 7.99. The topological polar surface area (TPSA) is 61.8 Å². The molecule has 2 saturated carbocycles. The van der Waals surface area contributed by atoms with E-state index in [1.165, 1.54) is 0 Å². The first-order valence-corrected chi connectivity index (χ1v) is 7.99. The van der Waals surface area contributed by atoms with Crippen molar-refractivity contribution >= 4 is 5.97 Å². The van der Waals surface area contributed by atoms with Crippen LogP contribution in [0.15, 0.2) is 0 Å². The Labute approximate surface area is 120 Å². The van der Waals surface area contributed by atoms with Crippen molar-refractivity contribution in [2.45, 2.75) is 69.1 Å². The number of aliphatic carboxylic acids is 1. The van der Waals surface area contributed by atoms with Crippen molar-refractivity contribution < 1.29 is 14.6 Å². The number of carboxylic acid groups (broad SMARTS) is 1. The van der Waals surface area contributed by atoms with Gasteiger partial charge < -0.3 is 9.84 Å². The summed E-state index contributed by atoms with van der Waals surface area (Å²) in [4.78, 5) is 14.3. The Kier molecular flexibility index (Phi) is 4.02. The number of nitrogens with zero attached hydrogens (tertiary/aromatic N) is 1. The summed E-state index contributed by atoms with van der Waals surface area (Å²) < 4.78 is 5.56. The fraction of sp³-hybridized carbons (Fsp3) is 0.933. The van der Waals surface area contributed by atoms with Gasteiger partial charge in [0.2, 0.25) is 0 Å². The van der Waals surface area contributed by atoms with Gasteiger partial charge in [0.25, 0.3) is 0 Å². The summed E-state index contributed by atoms with van der Waals surface area (Å²) in [6.45, 7) is 4.71. The highest BCUT2D eigenvalue weighted by atomic mass is 16.5. The Bertz CT molecular complexity index is 372. The normalized spacial score (nSPS) is 39.0. The minimum Gasteiger partial charge on any atom is -0.480 e. The quantitative estimate of drug-likeness (QED) is 0.794. The Morgan fingerprint density at radius 1 is 1.45 bits per heavy atom. The van der Waals surface area contributed by atoms with Crippen LogP contribution in [0.5, 0.6) is 0 Å². The van der Waals surface area contributed by atoms with Gasteiger partial charge in [-0.05, 0) is 38.5 Å². The Balaban J connectivity index is 1.68. The van der Waals surface area contributed by atoms with Gasteiger partial charge in [-0.2, -0.15) is 0 Å². The van der Waals surface area contributed by atoms with Crippen molar-refractivity contribution in [2.24, 2.45) is 0 Å². The summed E-state index contributed by atoms with van der Waals surface area (Å²) in [5.74, 6) is -0.659. The summed E-state index contributed by atoms with van der Waals surface area (Å²) in [5.41, 5.74) is -0.678. The molecule has 5 heteroatoms. The predicted molar refractivity (Wildman–Crippen MR) is 75.8 cm³/mol. The minimum absolute atomic E-state index is 0.395. The fourth-order valence-corrected chi connectivity index (χ4v) is 3.81. The summed E-state index contributed by atoms with van der Waals surface area (Å²) in [6.07, 6.45) is 5.84. The Morgan fingerprint density at radius 2 is 2.25 bits per heavy atom. The van der Waals surface area contributed by atoms with Crippen molar-refractivity contribution in [3.8, 4) is 0 Å². The van der Waals surface area contributed by atoms with Crippen molar-refractivity contribution in [3.05, 3.63) is 0 Å². The molecule has 0 aromatic rings. The smallest absolute Gasteiger partial charge is 0.323 e. The van der Waals surface area contributed by atoms with Gasteiger partial charge in [0, 0.05) is 24.7 Å². The molecule has 3 aliphatic rings. The van der Waals surface area contributed by atoms with E-state index in [9.17, 15) is 9.90 Å². The highest BCUT2D eigenvalue weighted by molar-refractivity contribution is 5.79. The largest absolute Gasteiger partial charge is 0.480 e. The lowest BCUT2D eigenvalue weighted by Gasteiger charge is -2.40. The molecule has 114 valence electrons. The van der Waals surface area contributed by atoms with E-state index in [0.29, 0.717) is 18.1 Å². The SMILES string of the molecule is CCC1COCCN1C1CCC(NC2CC2)(C(=O)O)C1. The fourth-order valence-electron chi connectivity index (χ4n) is 3.81. The van der Waals surface area contributed by atoms with E-state index >= 15 is 0 Å². The van der Waals surface area contributed by atoms with E-state index in [4.69, 9.17) is 4.74 Å². The standard InChI is InChI=1S/C15H26N2O3/c1-2-12-10-20-8-7-17(12)13-5-6-15(9-13,14(18)19)16-11-3-4-11/h11-13,16H,2-10H2,1H3,(H,18,19). The van der Waals surface area contributed by atoms with E-state index < -0.39 is 11.5 Å². The third-order valence-corrected chi connectivity index (χ3v) is 5.17. The summed E-state index contributed by atoms with van der Waals surface area (Å²) in [5, 5.41) is 13.1. The molecule has 5 nitrogen and oxygen atoms in total. The van der Waals surface area contributed by atoms with E-state index in [-0.39, 0.29) is 0 Å². The van der Waals surface area contributed by atoms with Gasteiger partial charge in [-0.15, -0.1) is 0 Å². The van der Waals surface area contributed by atoms with Crippen molar-refractivity contribution in [2.75, 3.05) is 19.8 Å². The van der Waals surface area contributed by atoms with Crippen LogP contribution in [0, 0.1) is 0 Å². The molecule has 3 fully saturated rings. The predicted octanol–water partition coefficient (Wildman–Crippen LogP) is 1.23. The van der Waals surface area contributed by atoms with Gasteiger partial charge in [0.15, 0.2) is 0 Å². The van der Waals surface area contributed by atoms with E-state index in [2.05, 4.69) is 17.1 Å². The second-order valence-electron chi connectivity index (χ2n) is 6.58. The van der Waals surface area contributed by atoms with Gasteiger partial charge in [-0.3, -0.25) is 15.0 Å². The number of hydrogen-bond donors (Lipinski definition) is 2. The van der Waals surface area contributed by atoms with Gasteiger partial charge >= 0.3 is 5.97 Å². The van der Waals surface area contributed by atoms with Crippen molar-refractivity contribution in [3.63, 3.8) is 0 Å². The van der Waals surface area contributed by atoms with E-state index in [1.807, 2.05) is 0 Å². The molecule has 0 aromatic carbocycles. The lowest BCUT2D eigenvalue weighted by Crippen LogP contribution is -2.54. The summed E-state index contributed by atoms with van der Waals surface area (Å²) >= 11 is 0. The monoisotopic (exact) mass is 282 g/mol. The van der Waals surface area contributed by atoms with Gasteiger partial charge in [0.05, 0.1) is 13.2 Å². The summed E-state index contributed by atoms with van der Waals surface area (Å²) in [6, 6.07) is 1.29. The maximum atomic E-state index is 11.8. The highest BCUT2D eigenvalue weighted by Crippen LogP contribution is 2.37. The van der Waals surface area contributed by atoms with Crippen molar-refractivity contribution in [1.82, 2.24) is 10.2 Å². The maximum absolute atomic E-state index is 11.8. The van der Waals surface area contributed by atoms with Crippen molar-refractivity contribution in [1.29, 1.82) is 0 Å². The zero-order valence-electron chi connectivity index (χ0n) is 12.3. The molecule has 1 aliphatic heterocycles. The number of morpholine rings is 1. The molecular formula is C15H26N2O3. The zero-order chi connectivity index (χ0) is 14.2. The van der Waals surface area contributed by atoms with E-state index in [0.717, 1.165) is 58.3 Å². The molecule has 0 spiro atoms. The average molecular weight is 282 g/mol. The molecule has 20 heavy (non-hydrogen) atoms. The molecule has 3 unspecified atom stereocenters. The lowest BCUT2D eigenvalue weighted by atomic mass is 9.96. The Hall–Kier alpha value is -0.650. The molecule has 3 atom stereocenters. The molecular weight excluding hydrogens is 256 g/mol. The first kappa shape index (κ1) is 14.3. The van der Waals surface area contributed by atoms with Crippen LogP contribution in [0.3, 0.4) is 0 Å². The van der Waals surface area contributed by atoms with Crippen LogP contribution in [0.4, 0.5) is 0 Å². The molecule has 1 heterocycles. The van der Waals surface area contributed by atoms with Crippen LogP contribution in [-0.2, 0) is 9.53 Å². The second kappa shape index (κ2) is 5.62. The molecule has 0 aromatic heterocycles. The number of carboxylic acids is 1. The molecule has 2 N–H and O–H groups in total. The minimum atomic E-state index is -0.678. The van der Waals surface area contributed by atoms with Crippen LogP contribution in [0.2, 0.25) is 0 Å². The lowest BCUT2D eigenvalue weighted by molar-refractivity contribution is -0.145. The Morgan fingerprint density at radius 3 is 2.90 bits per heavy atom. The van der Waals surface area contributed by atoms with Gasteiger partial charge in [-0.1, -0.05) is 6.92 Å². The van der Waals surface area contributed by atoms with Crippen LogP contribution in [-0.4, -0.2) is 59.4 Å². The molecule has 2 aliphatic carbocycles. The molecule has 0 bridgehead atoms. The molecule has 1 saturated heterocycles. The highest BCUT2D eigenvalue weighted by Gasteiger charge is 2.50. The average Bonchev–Trinajstić information content (AvgIpc) is 3.15. The third kappa shape index (κ3) is 2.71. The number of hydrogen-bond acceptors (Lipinski definition) is 4. The van der Waals surface area contributed by atoms with Crippen LogP contribution in [0.1, 0.15) is 45.4 Å². The first-order chi connectivity index (χ1) is 9.64. The zero-order valence-corrected chi connectivity index (χ0v) is 12.3. The van der Waals surface area contributed by atoms with Crippen LogP contribution >= 0.6 is 0 Å². The number of rotatable bonds is 5. The molecule has 0 radical (unpaired) electrons. The maximum Gasteiger partial charge on any atom is 0.323 e. The second-order valence-corrected chi connectivity index (χ2v) is 6.58. The van der Waals surface area contributed by atoms with Crippen LogP contribution < -0.4 is 5.32 Å². The molecule has 0 amide bonds. The van der Waals surface area contributed by atoms with Gasteiger partial charge in [0.1, 0.15) is 5.54 Å². The number of ether oxygens (including phenoxy) is 1. The van der Waals surface area contributed by atoms with E-state index in [1.54, 1.807) is 0 Å². The number of nitrogens with one attached hydrogen (secondary N) is 1. The third-order valence-electron chi connectivity index (χ3n) is 5.17. The van der Waals surface area contributed by atoms with Gasteiger partial charge in [-0.25, -0.2) is 0 Å².